The van der Waals surface area contributed by atoms with Crippen molar-refractivity contribution in [2.75, 3.05) is 39.2 Å². The van der Waals surface area contributed by atoms with Crippen molar-refractivity contribution < 1.29 is 38.9 Å². The minimum Gasteiger partial charge on any atom is -0.497 e. The van der Waals surface area contributed by atoms with Gasteiger partial charge in [-0.1, -0.05) is 12.1 Å². The van der Waals surface area contributed by atoms with Gasteiger partial charge in [0.25, 0.3) is 5.91 Å². The molecule has 0 aliphatic carbocycles. The van der Waals surface area contributed by atoms with Gasteiger partial charge in [-0.2, -0.15) is 0 Å². The second-order valence-corrected chi connectivity index (χ2v) is 9.83. The van der Waals surface area contributed by atoms with Crippen molar-refractivity contribution >= 4 is 41.3 Å². The number of thioether (sulfide) groups is 1. The number of carbonyl (C=O) groups excluding carboxylic acids is 2. The fourth-order valence-corrected chi connectivity index (χ4v) is 4.94. The molecule has 1 aliphatic heterocycles. The summed E-state index contributed by atoms with van der Waals surface area (Å²) < 4.78 is 10.9. The van der Waals surface area contributed by atoms with Crippen molar-refractivity contribution in [1.82, 2.24) is 4.90 Å². The van der Waals surface area contributed by atoms with Crippen LogP contribution in [0.15, 0.2) is 41.3 Å². The molecule has 2 aromatic rings. The van der Waals surface area contributed by atoms with Gasteiger partial charge in [0.1, 0.15) is 5.75 Å². The summed E-state index contributed by atoms with van der Waals surface area (Å²) in [6, 6.07) is 11.8. The summed E-state index contributed by atoms with van der Waals surface area (Å²) in [4.78, 5) is 48.7. The predicted molar refractivity (Wildman–Crippen MR) is 139 cm³/mol. The van der Waals surface area contributed by atoms with Crippen molar-refractivity contribution in [2.45, 2.75) is 37.0 Å². The SMILES string of the molecule is COc1ccc([C@H]2Sc3cc(C)c(C)cc3N(CCN(C)C)C(=O)[C@H]2OC(C)=O)cc1.O=C(O)C(=O)O. The molecule has 1 aliphatic rings. The minimum atomic E-state index is -1.82. The predicted octanol–water partition coefficient (Wildman–Crippen LogP) is 3.14. The van der Waals surface area contributed by atoms with Crippen LogP contribution in [0.25, 0.3) is 0 Å². The zero-order valence-electron chi connectivity index (χ0n) is 21.7. The molecule has 200 valence electrons. The van der Waals surface area contributed by atoms with E-state index in [0.717, 1.165) is 33.0 Å². The molecule has 37 heavy (non-hydrogen) atoms. The maximum absolute atomic E-state index is 13.8. The number of hydrogen-bond acceptors (Lipinski definition) is 8. The molecule has 2 N–H and O–H groups in total. The summed E-state index contributed by atoms with van der Waals surface area (Å²) in [6.45, 7) is 6.67. The third-order valence-electron chi connectivity index (χ3n) is 5.60. The Labute approximate surface area is 220 Å². The number of ether oxygens (including phenoxy) is 2. The first kappa shape index (κ1) is 29.7. The Morgan fingerprint density at radius 2 is 1.59 bits per heavy atom. The van der Waals surface area contributed by atoms with E-state index in [9.17, 15) is 9.59 Å². The number of nitrogens with zero attached hydrogens (tertiary/aromatic N) is 2. The molecule has 0 radical (unpaired) electrons. The van der Waals surface area contributed by atoms with Gasteiger partial charge in [-0.15, -0.1) is 11.8 Å². The standard InChI is InChI=1S/C24H30N2O4S.C2H2O4/c1-15-13-20-21(14-16(15)2)31-23(18-7-9-19(29-6)10-8-18)22(30-17(3)27)24(28)26(20)12-11-25(4)5;3-1(4)2(5)6/h7-10,13-14,22-23H,11-12H2,1-6H3;(H,3,4)(H,5,6)/t22-,23+;/m0./s1. The van der Waals surface area contributed by atoms with Crippen molar-refractivity contribution in [2.24, 2.45) is 0 Å². The molecule has 3 rings (SSSR count). The van der Waals surface area contributed by atoms with Gasteiger partial charge >= 0.3 is 17.9 Å². The summed E-state index contributed by atoms with van der Waals surface area (Å²) in [5.74, 6) is -3.59. The lowest BCUT2D eigenvalue weighted by molar-refractivity contribution is -0.159. The van der Waals surface area contributed by atoms with Crippen molar-refractivity contribution in [3.63, 3.8) is 0 Å². The zero-order chi connectivity index (χ0) is 27.9. The lowest BCUT2D eigenvalue weighted by atomic mass is 10.0. The van der Waals surface area contributed by atoms with Crippen LogP contribution < -0.4 is 9.64 Å². The molecule has 0 aromatic heterocycles. The van der Waals surface area contributed by atoms with Gasteiger partial charge in [-0.25, -0.2) is 9.59 Å². The number of fused-ring (bicyclic) bond motifs is 1. The first-order chi connectivity index (χ1) is 17.3. The number of benzene rings is 2. The number of carboxylic acids is 2. The number of amides is 1. The van der Waals surface area contributed by atoms with Crippen LogP contribution in [0, 0.1) is 13.8 Å². The molecule has 0 unspecified atom stereocenters. The van der Waals surface area contributed by atoms with Gasteiger partial charge in [0, 0.05) is 24.9 Å². The lowest BCUT2D eigenvalue weighted by Gasteiger charge is -2.28. The zero-order valence-corrected chi connectivity index (χ0v) is 22.5. The van der Waals surface area contributed by atoms with Crippen LogP contribution in [0.2, 0.25) is 0 Å². The number of anilines is 1. The average molecular weight is 533 g/mol. The Morgan fingerprint density at radius 1 is 1.03 bits per heavy atom. The first-order valence-corrected chi connectivity index (χ1v) is 12.2. The largest absolute Gasteiger partial charge is 0.497 e. The van der Waals surface area contributed by atoms with E-state index < -0.39 is 24.0 Å². The Hall–Kier alpha value is -3.57. The topological polar surface area (TPSA) is 134 Å². The fourth-order valence-electron chi connectivity index (χ4n) is 3.54. The Balaban J connectivity index is 0.000000717. The van der Waals surface area contributed by atoms with Crippen LogP contribution in [0.1, 0.15) is 28.9 Å². The van der Waals surface area contributed by atoms with Gasteiger partial charge in [-0.05, 0) is 68.9 Å². The molecule has 2 aromatic carbocycles. The van der Waals surface area contributed by atoms with Gasteiger partial charge in [0.15, 0.2) is 6.10 Å². The molecular formula is C26H32N2O8S. The van der Waals surface area contributed by atoms with E-state index in [1.807, 2.05) is 50.2 Å². The molecule has 2 atom stereocenters. The molecule has 0 bridgehead atoms. The van der Waals surface area contributed by atoms with Crippen LogP contribution in [-0.4, -0.2) is 79.3 Å². The van der Waals surface area contributed by atoms with Crippen LogP contribution in [0.5, 0.6) is 5.75 Å². The normalized spacial score (nSPS) is 16.7. The number of hydrogen-bond donors (Lipinski definition) is 2. The van der Waals surface area contributed by atoms with Crippen LogP contribution >= 0.6 is 11.8 Å². The molecule has 1 amide bonds. The number of aryl methyl sites for hydroxylation is 2. The molecular weight excluding hydrogens is 500 g/mol. The third-order valence-corrected chi connectivity index (χ3v) is 6.95. The van der Waals surface area contributed by atoms with E-state index >= 15 is 0 Å². The third kappa shape index (κ3) is 7.96. The highest BCUT2D eigenvalue weighted by molar-refractivity contribution is 7.99. The molecule has 10 nitrogen and oxygen atoms in total. The van der Waals surface area contributed by atoms with Crippen molar-refractivity contribution in [3.05, 3.63) is 53.1 Å². The highest BCUT2D eigenvalue weighted by Crippen LogP contribution is 2.47. The van der Waals surface area contributed by atoms with E-state index in [0.29, 0.717) is 13.1 Å². The average Bonchev–Trinajstić information content (AvgIpc) is 2.93. The molecule has 0 spiro atoms. The summed E-state index contributed by atoms with van der Waals surface area (Å²) in [7, 11) is 5.56. The quantitative estimate of drug-likeness (QED) is 0.422. The maximum atomic E-state index is 13.8. The van der Waals surface area contributed by atoms with E-state index in [1.165, 1.54) is 6.92 Å². The highest BCUT2D eigenvalue weighted by atomic mass is 32.2. The molecule has 0 fully saturated rings. The highest BCUT2D eigenvalue weighted by Gasteiger charge is 2.41. The summed E-state index contributed by atoms with van der Waals surface area (Å²) in [6.07, 6.45) is -0.925. The number of aliphatic carboxylic acids is 2. The Kier molecular flexibility index (Phi) is 10.5. The number of carbonyl (C=O) groups is 4. The van der Waals surface area contributed by atoms with E-state index in [2.05, 4.69) is 19.1 Å². The number of rotatable bonds is 6. The van der Waals surface area contributed by atoms with E-state index in [4.69, 9.17) is 29.3 Å². The molecule has 11 heteroatoms. The van der Waals surface area contributed by atoms with Gasteiger partial charge in [0.2, 0.25) is 0 Å². The molecule has 1 heterocycles. The van der Waals surface area contributed by atoms with Crippen LogP contribution in [0.4, 0.5) is 5.69 Å². The second kappa shape index (κ2) is 13.1. The van der Waals surface area contributed by atoms with Gasteiger partial charge in [-0.3, -0.25) is 9.59 Å². The van der Waals surface area contributed by atoms with Crippen molar-refractivity contribution in [1.29, 1.82) is 0 Å². The van der Waals surface area contributed by atoms with E-state index in [-0.39, 0.29) is 11.2 Å². The monoisotopic (exact) mass is 532 g/mol. The van der Waals surface area contributed by atoms with Crippen molar-refractivity contribution in [3.8, 4) is 5.75 Å². The smallest absolute Gasteiger partial charge is 0.414 e. The fraction of sp³-hybridized carbons (Fsp3) is 0.385. The van der Waals surface area contributed by atoms with Crippen LogP contribution in [-0.2, 0) is 23.9 Å². The Morgan fingerprint density at radius 3 is 2.08 bits per heavy atom. The van der Waals surface area contributed by atoms with Gasteiger partial charge in [0.05, 0.1) is 18.0 Å². The number of esters is 1. The number of carboxylic acid groups (broad SMARTS) is 2. The lowest BCUT2D eigenvalue weighted by Crippen LogP contribution is -2.45. The molecule has 0 saturated carbocycles. The number of methoxy groups -OCH3 is 1. The van der Waals surface area contributed by atoms with E-state index in [1.54, 1.807) is 23.8 Å². The summed E-state index contributed by atoms with van der Waals surface area (Å²) >= 11 is 1.56. The first-order valence-electron chi connectivity index (χ1n) is 11.4. The van der Waals surface area contributed by atoms with Crippen LogP contribution in [0.3, 0.4) is 0 Å². The molecule has 0 saturated heterocycles. The second-order valence-electron chi connectivity index (χ2n) is 8.65. The summed E-state index contributed by atoms with van der Waals surface area (Å²) in [5, 5.41) is 14.4. The van der Waals surface area contributed by atoms with Gasteiger partial charge < -0.3 is 29.5 Å². The Bertz CT molecular complexity index is 1140. The number of likely N-dealkylation sites (N-methyl/N-ethyl adjacent to an activating group) is 1. The maximum Gasteiger partial charge on any atom is 0.414 e. The summed E-state index contributed by atoms with van der Waals surface area (Å²) in [5.41, 5.74) is 4.05. The minimum absolute atomic E-state index is 0.202.